The Labute approximate surface area is 122 Å². The van der Waals surface area contributed by atoms with Crippen molar-refractivity contribution in [3.63, 3.8) is 0 Å². The Morgan fingerprint density at radius 1 is 1.24 bits per heavy atom. The fourth-order valence-electron chi connectivity index (χ4n) is 1.99. The second-order valence-corrected chi connectivity index (χ2v) is 4.74. The van der Waals surface area contributed by atoms with Crippen LogP contribution >= 0.6 is 0 Å². The van der Waals surface area contributed by atoms with E-state index in [0.717, 1.165) is 11.1 Å². The molecular formula is C16H16N2O3. The Balaban J connectivity index is 1.95. The van der Waals surface area contributed by atoms with Crippen LogP contribution in [0.5, 0.6) is 0 Å². The van der Waals surface area contributed by atoms with Crippen molar-refractivity contribution < 1.29 is 14.7 Å². The van der Waals surface area contributed by atoms with Gasteiger partial charge in [0.05, 0.1) is 17.4 Å². The lowest BCUT2D eigenvalue weighted by atomic mass is 10.0. The van der Waals surface area contributed by atoms with Gasteiger partial charge in [0, 0.05) is 12.6 Å². The lowest BCUT2D eigenvalue weighted by molar-refractivity contribution is -0.116. The second kappa shape index (κ2) is 6.65. The SMILES string of the molecule is Cc1ccccc1CCC(=O)Nc1cncc(C(=O)O)c1. The summed E-state index contributed by atoms with van der Waals surface area (Å²) >= 11 is 0. The number of aromatic nitrogens is 1. The maximum Gasteiger partial charge on any atom is 0.337 e. The van der Waals surface area contributed by atoms with Crippen LogP contribution in [0.3, 0.4) is 0 Å². The van der Waals surface area contributed by atoms with Gasteiger partial charge in [-0.05, 0) is 30.5 Å². The summed E-state index contributed by atoms with van der Waals surface area (Å²) in [7, 11) is 0. The van der Waals surface area contributed by atoms with Crippen molar-refractivity contribution in [2.24, 2.45) is 0 Å². The van der Waals surface area contributed by atoms with E-state index >= 15 is 0 Å². The fourth-order valence-corrected chi connectivity index (χ4v) is 1.99. The van der Waals surface area contributed by atoms with Crippen molar-refractivity contribution >= 4 is 17.6 Å². The van der Waals surface area contributed by atoms with Crippen LogP contribution in [0.1, 0.15) is 27.9 Å². The normalized spacial score (nSPS) is 10.1. The first kappa shape index (κ1) is 14.7. The molecule has 0 saturated carbocycles. The number of carboxylic acid groups (broad SMARTS) is 1. The third-order valence-corrected chi connectivity index (χ3v) is 3.15. The molecule has 0 unspecified atom stereocenters. The molecule has 108 valence electrons. The standard InChI is InChI=1S/C16H16N2O3/c1-11-4-2-3-5-12(11)6-7-15(19)18-14-8-13(16(20)21)9-17-10-14/h2-5,8-10H,6-7H2,1H3,(H,18,19)(H,20,21). The summed E-state index contributed by atoms with van der Waals surface area (Å²) in [5, 5.41) is 11.5. The molecule has 0 radical (unpaired) electrons. The Kier molecular flexibility index (Phi) is 4.66. The molecule has 2 rings (SSSR count). The van der Waals surface area contributed by atoms with Gasteiger partial charge in [0.2, 0.25) is 5.91 Å². The topological polar surface area (TPSA) is 79.3 Å². The van der Waals surface area contributed by atoms with Gasteiger partial charge >= 0.3 is 5.97 Å². The van der Waals surface area contributed by atoms with Gasteiger partial charge in [0.25, 0.3) is 0 Å². The van der Waals surface area contributed by atoms with E-state index in [1.807, 2.05) is 31.2 Å². The van der Waals surface area contributed by atoms with E-state index in [9.17, 15) is 9.59 Å². The third-order valence-electron chi connectivity index (χ3n) is 3.15. The van der Waals surface area contributed by atoms with Gasteiger partial charge in [-0.25, -0.2) is 4.79 Å². The summed E-state index contributed by atoms with van der Waals surface area (Å²) in [6.45, 7) is 2.01. The van der Waals surface area contributed by atoms with Crippen LogP contribution in [0.25, 0.3) is 0 Å². The number of hydrogen-bond acceptors (Lipinski definition) is 3. The molecule has 1 aromatic carbocycles. The largest absolute Gasteiger partial charge is 0.478 e. The van der Waals surface area contributed by atoms with Gasteiger partial charge in [0.1, 0.15) is 0 Å². The van der Waals surface area contributed by atoms with E-state index in [2.05, 4.69) is 10.3 Å². The number of nitrogens with zero attached hydrogens (tertiary/aromatic N) is 1. The molecule has 5 nitrogen and oxygen atoms in total. The Morgan fingerprint density at radius 2 is 2.00 bits per heavy atom. The number of benzene rings is 1. The zero-order valence-corrected chi connectivity index (χ0v) is 11.7. The number of anilines is 1. The molecule has 0 atom stereocenters. The number of aryl methyl sites for hydroxylation is 2. The van der Waals surface area contributed by atoms with Crippen molar-refractivity contribution in [2.75, 3.05) is 5.32 Å². The lowest BCUT2D eigenvalue weighted by Gasteiger charge is -2.07. The number of hydrogen-bond donors (Lipinski definition) is 2. The van der Waals surface area contributed by atoms with Crippen LogP contribution in [0.2, 0.25) is 0 Å². The minimum Gasteiger partial charge on any atom is -0.478 e. The molecule has 1 heterocycles. The Bertz CT molecular complexity index is 668. The van der Waals surface area contributed by atoms with Crippen molar-refractivity contribution in [2.45, 2.75) is 19.8 Å². The van der Waals surface area contributed by atoms with Crippen LogP contribution in [-0.2, 0) is 11.2 Å². The molecule has 0 saturated heterocycles. The number of pyridine rings is 1. The highest BCUT2D eigenvalue weighted by molar-refractivity contribution is 5.93. The number of rotatable bonds is 5. The van der Waals surface area contributed by atoms with Crippen molar-refractivity contribution in [1.82, 2.24) is 4.98 Å². The van der Waals surface area contributed by atoms with Gasteiger partial charge in [0.15, 0.2) is 0 Å². The van der Waals surface area contributed by atoms with E-state index in [1.165, 1.54) is 18.5 Å². The molecule has 1 aromatic heterocycles. The highest BCUT2D eigenvalue weighted by Crippen LogP contribution is 2.12. The summed E-state index contributed by atoms with van der Waals surface area (Å²) < 4.78 is 0. The summed E-state index contributed by atoms with van der Waals surface area (Å²) in [4.78, 5) is 26.5. The van der Waals surface area contributed by atoms with Crippen LogP contribution in [0.15, 0.2) is 42.7 Å². The first-order chi connectivity index (χ1) is 10.1. The van der Waals surface area contributed by atoms with Gasteiger partial charge in [-0.3, -0.25) is 9.78 Å². The average molecular weight is 284 g/mol. The fraction of sp³-hybridized carbons (Fsp3) is 0.188. The predicted octanol–water partition coefficient (Wildman–Crippen LogP) is 2.66. The molecule has 0 aliphatic heterocycles. The Hall–Kier alpha value is -2.69. The molecule has 0 spiro atoms. The maximum atomic E-state index is 11.9. The lowest BCUT2D eigenvalue weighted by Crippen LogP contribution is -2.13. The summed E-state index contributed by atoms with van der Waals surface area (Å²) in [5.41, 5.74) is 2.72. The van der Waals surface area contributed by atoms with Gasteiger partial charge in [-0.1, -0.05) is 24.3 Å². The highest BCUT2D eigenvalue weighted by Gasteiger charge is 2.08. The monoisotopic (exact) mass is 284 g/mol. The van der Waals surface area contributed by atoms with E-state index < -0.39 is 5.97 Å². The van der Waals surface area contributed by atoms with Crippen LogP contribution in [0, 0.1) is 6.92 Å². The maximum absolute atomic E-state index is 11.9. The van der Waals surface area contributed by atoms with E-state index in [0.29, 0.717) is 18.5 Å². The molecular weight excluding hydrogens is 268 g/mol. The number of nitrogens with one attached hydrogen (secondary N) is 1. The molecule has 0 fully saturated rings. The zero-order chi connectivity index (χ0) is 15.2. The highest BCUT2D eigenvalue weighted by atomic mass is 16.4. The van der Waals surface area contributed by atoms with Crippen LogP contribution in [0.4, 0.5) is 5.69 Å². The number of amides is 1. The molecule has 0 bridgehead atoms. The smallest absolute Gasteiger partial charge is 0.337 e. The first-order valence-corrected chi connectivity index (χ1v) is 6.59. The van der Waals surface area contributed by atoms with Gasteiger partial charge in [-0.2, -0.15) is 0 Å². The number of aromatic carboxylic acids is 1. The molecule has 5 heteroatoms. The molecule has 2 aromatic rings. The molecule has 0 aliphatic rings. The zero-order valence-electron chi connectivity index (χ0n) is 11.7. The first-order valence-electron chi connectivity index (χ1n) is 6.59. The third kappa shape index (κ3) is 4.14. The number of carboxylic acids is 1. The summed E-state index contributed by atoms with van der Waals surface area (Å²) in [6.07, 6.45) is 3.65. The second-order valence-electron chi connectivity index (χ2n) is 4.74. The summed E-state index contributed by atoms with van der Waals surface area (Å²) in [6, 6.07) is 9.30. The van der Waals surface area contributed by atoms with E-state index in [1.54, 1.807) is 0 Å². The van der Waals surface area contributed by atoms with Crippen LogP contribution < -0.4 is 5.32 Å². The Morgan fingerprint density at radius 3 is 2.71 bits per heavy atom. The average Bonchev–Trinajstić information content (AvgIpc) is 2.46. The number of carbonyl (C=O) groups is 2. The van der Waals surface area contributed by atoms with E-state index in [4.69, 9.17) is 5.11 Å². The molecule has 1 amide bonds. The molecule has 2 N–H and O–H groups in total. The quantitative estimate of drug-likeness (QED) is 0.884. The van der Waals surface area contributed by atoms with Crippen LogP contribution in [-0.4, -0.2) is 22.0 Å². The van der Waals surface area contributed by atoms with Gasteiger partial charge < -0.3 is 10.4 Å². The van der Waals surface area contributed by atoms with Crippen molar-refractivity contribution in [1.29, 1.82) is 0 Å². The summed E-state index contributed by atoms with van der Waals surface area (Å²) in [5.74, 6) is -1.24. The van der Waals surface area contributed by atoms with Gasteiger partial charge in [-0.15, -0.1) is 0 Å². The minimum absolute atomic E-state index is 0.0479. The van der Waals surface area contributed by atoms with Crippen molar-refractivity contribution in [3.05, 3.63) is 59.4 Å². The number of carbonyl (C=O) groups excluding carboxylic acids is 1. The van der Waals surface area contributed by atoms with E-state index in [-0.39, 0.29) is 11.5 Å². The predicted molar refractivity (Wildman–Crippen MR) is 79.3 cm³/mol. The molecule has 21 heavy (non-hydrogen) atoms. The van der Waals surface area contributed by atoms with Crippen molar-refractivity contribution in [3.8, 4) is 0 Å². The molecule has 0 aliphatic carbocycles. The minimum atomic E-state index is -1.07.